The Morgan fingerprint density at radius 1 is 1.27 bits per heavy atom. The van der Waals surface area contributed by atoms with Crippen molar-refractivity contribution in [3.63, 3.8) is 0 Å². The summed E-state index contributed by atoms with van der Waals surface area (Å²) in [6.07, 6.45) is 5.11. The molecule has 2 nitrogen and oxygen atoms in total. The molecule has 0 aliphatic heterocycles. The SMILES string of the molecule is CCCC(O)C1(C#N)CCC(C)(C)CC1. The molecule has 0 amide bonds. The van der Waals surface area contributed by atoms with Gasteiger partial charge in [-0.3, -0.25) is 0 Å². The van der Waals surface area contributed by atoms with E-state index in [4.69, 9.17) is 0 Å². The van der Waals surface area contributed by atoms with E-state index in [0.29, 0.717) is 5.41 Å². The molecule has 1 rings (SSSR count). The third-order valence-corrected chi connectivity index (χ3v) is 3.92. The molecule has 0 aromatic heterocycles. The first-order valence-electron chi connectivity index (χ1n) is 6.05. The van der Waals surface area contributed by atoms with Crippen molar-refractivity contribution < 1.29 is 5.11 Å². The summed E-state index contributed by atoms with van der Waals surface area (Å²) in [7, 11) is 0. The van der Waals surface area contributed by atoms with E-state index in [1.807, 2.05) is 0 Å². The molecule has 2 heteroatoms. The summed E-state index contributed by atoms with van der Waals surface area (Å²) in [5, 5.41) is 19.4. The van der Waals surface area contributed by atoms with Gasteiger partial charge in [-0.05, 0) is 37.5 Å². The molecule has 1 atom stereocenters. The van der Waals surface area contributed by atoms with E-state index in [9.17, 15) is 10.4 Å². The highest BCUT2D eigenvalue weighted by molar-refractivity contribution is 5.06. The van der Waals surface area contributed by atoms with E-state index >= 15 is 0 Å². The van der Waals surface area contributed by atoms with Gasteiger partial charge in [-0.1, -0.05) is 27.2 Å². The zero-order chi connectivity index (χ0) is 11.5. The summed E-state index contributed by atoms with van der Waals surface area (Å²) in [6, 6.07) is 2.39. The minimum atomic E-state index is -0.453. The molecule has 0 aromatic rings. The van der Waals surface area contributed by atoms with Crippen LogP contribution in [0.1, 0.15) is 59.3 Å². The molecule has 1 unspecified atom stereocenters. The molecule has 0 spiro atoms. The monoisotopic (exact) mass is 209 g/mol. The van der Waals surface area contributed by atoms with Crippen LogP contribution in [0.2, 0.25) is 0 Å². The average Bonchev–Trinajstić information content (AvgIpc) is 2.19. The van der Waals surface area contributed by atoms with Crippen LogP contribution in [-0.4, -0.2) is 11.2 Å². The fourth-order valence-corrected chi connectivity index (χ4v) is 2.44. The van der Waals surface area contributed by atoms with Crippen LogP contribution in [0.5, 0.6) is 0 Å². The van der Waals surface area contributed by atoms with E-state index < -0.39 is 11.5 Å². The minimum Gasteiger partial charge on any atom is -0.391 e. The predicted octanol–water partition coefficient (Wildman–Crippen LogP) is 3.26. The Hall–Kier alpha value is -0.550. The lowest BCUT2D eigenvalue weighted by Crippen LogP contribution is -2.39. The fraction of sp³-hybridized carbons (Fsp3) is 0.923. The van der Waals surface area contributed by atoms with Crippen molar-refractivity contribution in [3.05, 3.63) is 0 Å². The van der Waals surface area contributed by atoms with Crippen LogP contribution in [0.4, 0.5) is 0 Å². The Bertz CT molecular complexity index is 242. The molecule has 1 N–H and O–H groups in total. The van der Waals surface area contributed by atoms with Crippen molar-refractivity contribution in [1.82, 2.24) is 0 Å². The van der Waals surface area contributed by atoms with E-state index in [1.54, 1.807) is 0 Å². The van der Waals surface area contributed by atoms with Crippen molar-refractivity contribution in [2.75, 3.05) is 0 Å². The highest BCUT2D eigenvalue weighted by Gasteiger charge is 2.43. The van der Waals surface area contributed by atoms with Crippen molar-refractivity contribution in [1.29, 1.82) is 5.26 Å². The summed E-state index contributed by atoms with van der Waals surface area (Å²) < 4.78 is 0. The van der Waals surface area contributed by atoms with Gasteiger partial charge in [0.25, 0.3) is 0 Å². The van der Waals surface area contributed by atoms with E-state index in [-0.39, 0.29) is 0 Å². The zero-order valence-corrected chi connectivity index (χ0v) is 10.2. The van der Waals surface area contributed by atoms with Gasteiger partial charge in [0.05, 0.1) is 17.6 Å². The van der Waals surface area contributed by atoms with Crippen LogP contribution in [0, 0.1) is 22.2 Å². The molecule has 0 aromatic carbocycles. The standard InChI is InChI=1S/C13H23NO/c1-4-5-11(15)13(10-14)8-6-12(2,3)7-9-13/h11,15H,4-9H2,1-3H3. The molecular weight excluding hydrogens is 186 g/mol. The van der Waals surface area contributed by atoms with Crippen LogP contribution >= 0.6 is 0 Å². The molecule has 1 aliphatic rings. The maximum atomic E-state index is 10.1. The second kappa shape index (κ2) is 4.53. The topological polar surface area (TPSA) is 44.0 Å². The second-order valence-electron chi connectivity index (χ2n) is 5.74. The second-order valence-corrected chi connectivity index (χ2v) is 5.74. The number of hydrogen-bond acceptors (Lipinski definition) is 2. The summed E-state index contributed by atoms with van der Waals surface area (Å²) in [5.41, 5.74) is -0.0994. The smallest absolute Gasteiger partial charge is 0.0832 e. The predicted molar refractivity (Wildman–Crippen MR) is 61.2 cm³/mol. The van der Waals surface area contributed by atoms with Gasteiger partial charge in [-0.2, -0.15) is 5.26 Å². The highest BCUT2D eigenvalue weighted by atomic mass is 16.3. The van der Waals surface area contributed by atoms with E-state index in [2.05, 4.69) is 26.8 Å². The number of aliphatic hydroxyl groups is 1. The summed E-state index contributed by atoms with van der Waals surface area (Å²) in [4.78, 5) is 0. The van der Waals surface area contributed by atoms with Crippen molar-refractivity contribution in [3.8, 4) is 6.07 Å². The van der Waals surface area contributed by atoms with Crippen LogP contribution in [0.3, 0.4) is 0 Å². The Kier molecular flexibility index (Phi) is 3.78. The van der Waals surface area contributed by atoms with Gasteiger partial charge < -0.3 is 5.11 Å². The number of nitrogens with zero attached hydrogens (tertiary/aromatic N) is 1. The molecule has 15 heavy (non-hydrogen) atoms. The Morgan fingerprint density at radius 2 is 1.80 bits per heavy atom. The van der Waals surface area contributed by atoms with Gasteiger partial charge in [0.15, 0.2) is 0 Å². The lowest BCUT2D eigenvalue weighted by Gasteiger charge is -2.41. The molecule has 1 aliphatic carbocycles. The number of nitriles is 1. The first-order valence-corrected chi connectivity index (χ1v) is 6.05. The van der Waals surface area contributed by atoms with Crippen molar-refractivity contribution in [2.45, 2.75) is 65.4 Å². The van der Waals surface area contributed by atoms with Crippen molar-refractivity contribution >= 4 is 0 Å². The largest absolute Gasteiger partial charge is 0.391 e. The quantitative estimate of drug-likeness (QED) is 0.775. The van der Waals surface area contributed by atoms with Gasteiger partial charge in [-0.25, -0.2) is 0 Å². The number of hydrogen-bond donors (Lipinski definition) is 1. The first kappa shape index (κ1) is 12.5. The van der Waals surface area contributed by atoms with E-state index in [1.165, 1.54) is 0 Å². The third-order valence-electron chi connectivity index (χ3n) is 3.92. The molecule has 86 valence electrons. The maximum Gasteiger partial charge on any atom is 0.0832 e. The molecule has 0 radical (unpaired) electrons. The van der Waals surface area contributed by atoms with Gasteiger partial charge in [0.1, 0.15) is 0 Å². The first-order chi connectivity index (χ1) is 6.96. The summed E-state index contributed by atoms with van der Waals surface area (Å²) >= 11 is 0. The molecule has 1 fully saturated rings. The van der Waals surface area contributed by atoms with Gasteiger partial charge in [-0.15, -0.1) is 0 Å². The Morgan fingerprint density at radius 3 is 2.20 bits per heavy atom. The molecular formula is C13H23NO. The normalized spacial score (nSPS) is 25.5. The number of aliphatic hydroxyl groups excluding tert-OH is 1. The minimum absolute atomic E-state index is 0.353. The van der Waals surface area contributed by atoms with Crippen LogP contribution in [0.25, 0.3) is 0 Å². The average molecular weight is 209 g/mol. The maximum absolute atomic E-state index is 10.1. The number of rotatable bonds is 3. The van der Waals surface area contributed by atoms with Crippen LogP contribution in [-0.2, 0) is 0 Å². The molecule has 1 saturated carbocycles. The molecule has 0 heterocycles. The van der Waals surface area contributed by atoms with Crippen LogP contribution in [0.15, 0.2) is 0 Å². The highest BCUT2D eigenvalue weighted by Crippen LogP contribution is 2.47. The Labute approximate surface area is 93.3 Å². The zero-order valence-electron chi connectivity index (χ0n) is 10.2. The summed E-state index contributed by atoms with van der Waals surface area (Å²) in [5.74, 6) is 0. The molecule has 0 bridgehead atoms. The van der Waals surface area contributed by atoms with E-state index in [0.717, 1.165) is 38.5 Å². The third kappa shape index (κ3) is 2.72. The Balaban J connectivity index is 2.69. The van der Waals surface area contributed by atoms with Gasteiger partial charge in [0.2, 0.25) is 0 Å². The van der Waals surface area contributed by atoms with Gasteiger partial charge in [0, 0.05) is 0 Å². The van der Waals surface area contributed by atoms with Crippen molar-refractivity contribution in [2.24, 2.45) is 10.8 Å². The fourth-order valence-electron chi connectivity index (χ4n) is 2.44. The van der Waals surface area contributed by atoms with Gasteiger partial charge >= 0.3 is 0 Å². The summed E-state index contributed by atoms with van der Waals surface area (Å²) in [6.45, 7) is 6.56. The van der Waals surface area contributed by atoms with Crippen LogP contribution < -0.4 is 0 Å². The lowest BCUT2D eigenvalue weighted by molar-refractivity contribution is 0.00576. The molecule has 0 saturated heterocycles. The lowest BCUT2D eigenvalue weighted by atomic mass is 9.63.